The van der Waals surface area contributed by atoms with Crippen molar-refractivity contribution >= 4 is 5.96 Å². The van der Waals surface area contributed by atoms with E-state index in [0.717, 1.165) is 36.8 Å². The van der Waals surface area contributed by atoms with Gasteiger partial charge in [0.15, 0.2) is 11.7 Å². The van der Waals surface area contributed by atoms with Crippen molar-refractivity contribution < 1.29 is 4.52 Å². The summed E-state index contributed by atoms with van der Waals surface area (Å²) in [6.45, 7) is 9.47. The van der Waals surface area contributed by atoms with Crippen molar-refractivity contribution in [2.45, 2.75) is 39.2 Å². The van der Waals surface area contributed by atoms with Crippen LogP contribution in [-0.4, -0.2) is 36.7 Å². The first-order chi connectivity index (χ1) is 9.58. The van der Waals surface area contributed by atoms with Crippen LogP contribution < -0.4 is 5.32 Å². The monoisotopic (exact) mass is 278 g/mol. The molecule has 0 atom stereocenters. The molecule has 0 aliphatic heterocycles. The zero-order chi connectivity index (χ0) is 15.0. The fourth-order valence-corrected chi connectivity index (χ4v) is 1.81. The van der Waals surface area contributed by atoms with Crippen LogP contribution in [0.15, 0.2) is 28.2 Å². The third-order valence-corrected chi connectivity index (χ3v) is 3.06. The molecule has 0 bridgehead atoms. The second-order valence-electron chi connectivity index (χ2n) is 5.13. The summed E-state index contributed by atoms with van der Waals surface area (Å²) in [4.78, 5) is 6.37. The molecular weight excluding hydrogens is 252 g/mol. The van der Waals surface area contributed by atoms with E-state index in [1.807, 2.05) is 19.2 Å². The Hall–Kier alpha value is -1.78. The number of hydrogen-bond acceptors (Lipinski definition) is 3. The van der Waals surface area contributed by atoms with Crippen LogP contribution in [0.2, 0.25) is 0 Å². The fourth-order valence-electron chi connectivity index (χ4n) is 1.81. The third-order valence-electron chi connectivity index (χ3n) is 3.06. The van der Waals surface area contributed by atoms with Crippen molar-refractivity contribution in [3.8, 4) is 0 Å². The van der Waals surface area contributed by atoms with Crippen LogP contribution in [0.4, 0.5) is 0 Å². The molecule has 0 aromatic carbocycles. The minimum Gasteiger partial charge on any atom is -0.359 e. The third kappa shape index (κ3) is 5.07. The molecular formula is C15H26N4O. The molecule has 0 fully saturated rings. The quantitative estimate of drug-likeness (QED) is 0.361. The molecule has 112 valence electrons. The van der Waals surface area contributed by atoms with E-state index in [1.54, 1.807) is 7.05 Å². The average Bonchev–Trinajstić information content (AvgIpc) is 2.89. The van der Waals surface area contributed by atoms with Gasteiger partial charge in [-0.2, -0.15) is 0 Å². The van der Waals surface area contributed by atoms with Gasteiger partial charge in [-0.05, 0) is 18.8 Å². The molecule has 0 amide bonds. The first-order valence-corrected chi connectivity index (χ1v) is 7.06. The van der Waals surface area contributed by atoms with E-state index in [0.29, 0.717) is 12.5 Å². The summed E-state index contributed by atoms with van der Waals surface area (Å²) < 4.78 is 5.30. The van der Waals surface area contributed by atoms with Gasteiger partial charge in [-0.3, -0.25) is 4.99 Å². The van der Waals surface area contributed by atoms with Crippen molar-refractivity contribution in [2.75, 3.05) is 20.6 Å². The SMILES string of the molecule is C=CCCCN(C)C(=NC)NCc1cc(C(C)C)no1. The van der Waals surface area contributed by atoms with Gasteiger partial charge in [0.25, 0.3) is 0 Å². The molecule has 0 unspecified atom stereocenters. The second-order valence-corrected chi connectivity index (χ2v) is 5.13. The molecule has 1 aromatic heterocycles. The summed E-state index contributed by atoms with van der Waals surface area (Å²) in [5, 5.41) is 7.33. The molecule has 1 N–H and O–H groups in total. The maximum Gasteiger partial charge on any atom is 0.193 e. The maximum absolute atomic E-state index is 5.30. The summed E-state index contributed by atoms with van der Waals surface area (Å²) >= 11 is 0. The highest BCUT2D eigenvalue weighted by Crippen LogP contribution is 2.13. The van der Waals surface area contributed by atoms with Gasteiger partial charge in [0.1, 0.15) is 0 Å². The summed E-state index contributed by atoms with van der Waals surface area (Å²) in [6.07, 6.45) is 4.02. The van der Waals surface area contributed by atoms with Crippen LogP contribution in [0, 0.1) is 0 Å². The van der Waals surface area contributed by atoms with E-state index in [9.17, 15) is 0 Å². The molecule has 1 aromatic rings. The average molecular weight is 278 g/mol. The van der Waals surface area contributed by atoms with Crippen LogP contribution in [0.1, 0.15) is 44.1 Å². The van der Waals surface area contributed by atoms with E-state index in [1.165, 1.54) is 0 Å². The van der Waals surface area contributed by atoms with Crippen molar-refractivity contribution in [3.63, 3.8) is 0 Å². The Kier molecular flexibility index (Phi) is 6.84. The summed E-state index contributed by atoms with van der Waals surface area (Å²) in [6, 6.07) is 1.99. The van der Waals surface area contributed by atoms with Gasteiger partial charge < -0.3 is 14.7 Å². The summed E-state index contributed by atoms with van der Waals surface area (Å²) in [5.41, 5.74) is 0.983. The molecule has 0 aliphatic carbocycles. The largest absolute Gasteiger partial charge is 0.359 e. The van der Waals surface area contributed by atoms with Crippen LogP contribution in [0.25, 0.3) is 0 Å². The topological polar surface area (TPSA) is 53.7 Å². The molecule has 0 saturated heterocycles. The normalized spacial score (nSPS) is 11.8. The number of rotatable bonds is 7. The first-order valence-electron chi connectivity index (χ1n) is 7.06. The van der Waals surface area contributed by atoms with E-state index in [-0.39, 0.29) is 0 Å². The lowest BCUT2D eigenvalue weighted by Crippen LogP contribution is -2.38. The van der Waals surface area contributed by atoms with Gasteiger partial charge in [-0.25, -0.2) is 0 Å². The number of aliphatic imine (C=N–C) groups is 1. The number of nitrogens with one attached hydrogen (secondary N) is 1. The molecule has 1 rings (SSSR count). The smallest absolute Gasteiger partial charge is 0.193 e. The van der Waals surface area contributed by atoms with Crippen molar-refractivity contribution in [1.29, 1.82) is 0 Å². The van der Waals surface area contributed by atoms with Crippen LogP contribution in [-0.2, 0) is 6.54 Å². The maximum atomic E-state index is 5.30. The lowest BCUT2D eigenvalue weighted by atomic mass is 10.1. The highest BCUT2D eigenvalue weighted by Gasteiger charge is 2.09. The van der Waals surface area contributed by atoms with Crippen LogP contribution in [0.5, 0.6) is 0 Å². The van der Waals surface area contributed by atoms with Gasteiger partial charge in [-0.1, -0.05) is 25.1 Å². The van der Waals surface area contributed by atoms with Crippen molar-refractivity contribution in [3.05, 3.63) is 30.2 Å². The number of allylic oxidation sites excluding steroid dienone is 1. The van der Waals surface area contributed by atoms with Gasteiger partial charge in [0.2, 0.25) is 0 Å². The Balaban J connectivity index is 2.46. The van der Waals surface area contributed by atoms with Crippen molar-refractivity contribution in [2.24, 2.45) is 4.99 Å². The van der Waals surface area contributed by atoms with E-state index in [2.05, 4.69) is 40.8 Å². The highest BCUT2D eigenvalue weighted by molar-refractivity contribution is 5.79. The molecule has 5 nitrogen and oxygen atoms in total. The Morgan fingerprint density at radius 2 is 2.35 bits per heavy atom. The lowest BCUT2D eigenvalue weighted by molar-refractivity contribution is 0.369. The number of aromatic nitrogens is 1. The summed E-state index contributed by atoms with van der Waals surface area (Å²) in [7, 11) is 3.81. The van der Waals surface area contributed by atoms with Gasteiger partial charge in [0, 0.05) is 26.7 Å². The number of guanidine groups is 1. The molecule has 0 aliphatic rings. The Morgan fingerprint density at radius 3 is 2.90 bits per heavy atom. The second kappa shape index (κ2) is 8.40. The van der Waals surface area contributed by atoms with Gasteiger partial charge in [-0.15, -0.1) is 6.58 Å². The number of nitrogens with zero attached hydrogens (tertiary/aromatic N) is 3. The lowest BCUT2D eigenvalue weighted by Gasteiger charge is -2.21. The molecule has 20 heavy (non-hydrogen) atoms. The Bertz CT molecular complexity index is 437. The Morgan fingerprint density at radius 1 is 1.60 bits per heavy atom. The minimum atomic E-state index is 0.383. The fraction of sp³-hybridized carbons (Fsp3) is 0.600. The zero-order valence-corrected chi connectivity index (χ0v) is 13.0. The zero-order valence-electron chi connectivity index (χ0n) is 13.0. The van der Waals surface area contributed by atoms with Gasteiger partial charge >= 0.3 is 0 Å². The minimum absolute atomic E-state index is 0.383. The van der Waals surface area contributed by atoms with Crippen LogP contribution in [0.3, 0.4) is 0 Å². The molecule has 0 saturated carbocycles. The Labute approximate surface area is 121 Å². The number of hydrogen-bond donors (Lipinski definition) is 1. The molecule has 0 spiro atoms. The van der Waals surface area contributed by atoms with E-state index in [4.69, 9.17) is 4.52 Å². The predicted molar refractivity (Wildman–Crippen MR) is 82.9 cm³/mol. The van der Waals surface area contributed by atoms with Crippen molar-refractivity contribution in [1.82, 2.24) is 15.4 Å². The highest BCUT2D eigenvalue weighted by atomic mass is 16.5. The van der Waals surface area contributed by atoms with Gasteiger partial charge in [0.05, 0.1) is 12.2 Å². The standard InChI is InChI=1S/C15H26N4O/c1-6-7-8-9-19(5)15(16-4)17-11-13-10-14(12(2)3)18-20-13/h6,10,12H,1,7-9,11H2,2-5H3,(H,16,17). The number of unbranched alkanes of at least 4 members (excludes halogenated alkanes) is 1. The molecule has 5 heteroatoms. The van der Waals surface area contributed by atoms with E-state index >= 15 is 0 Å². The molecule has 0 radical (unpaired) electrons. The summed E-state index contributed by atoms with van der Waals surface area (Å²) in [5.74, 6) is 2.07. The first kappa shape index (κ1) is 16.3. The predicted octanol–water partition coefficient (Wildman–Crippen LogP) is 2.77. The van der Waals surface area contributed by atoms with E-state index < -0.39 is 0 Å². The molecule has 1 heterocycles. The van der Waals surface area contributed by atoms with Crippen LogP contribution >= 0.6 is 0 Å².